The van der Waals surface area contributed by atoms with Crippen molar-refractivity contribution in [1.82, 2.24) is 0 Å². The molecule has 4 rings (SSSR count). The van der Waals surface area contributed by atoms with Crippen molar-refractivity contribution in [1.29, 1.82) is 0 Å². The maximum absolute atomic E-state index is 13.9. The molecule has 1 aliphatic rings. The summed E-state index contributed by atoms with van der Waals surface area (Å²) in [6.07, 6.45) is 1.49. The minimum absolute atomic E-state index is 0.0187. The minimum atomic E-state index is -0.688. The SMILES string of the molecule is O=C1OC(c2ccccc2F)=NC1=Cc1ccccc1OCc1ccccc1F. The molecule has 0 unspecified atom stereocenters. The van der Waals surface area contributed by atoms with Crippen molar-refractivity contribution in [2.45, 2.75) is 6.61 Å². The lowest BCUT2D eigenvalue weighted by molar-refractivity contribution is -0.129. The lowest BCUT2D eigenvalue weighted by Crippen LogP contribution is -2.07. The average Bonchev–Trinajstić information content (AvgIpc) is 3.09. The molecule has 0 aromatic heterocycles. The first-order chi connectivity index (χ1) is 14.1. The van der Waals surface area contributed by atoms with E-state index in [9.17, 15) is 13.6 Å². The number of ether oxygens (including phenoxy) is 2. The number of cyclic esters (lactones) is 1. The summed E-state index contributed by atoms with van der Waals surface area (Å²) >= 11 is 0. The molecule has 0 N–H and O–H groups in total. The summed E-state index contributed by atoms with van der Waals surface area (Å²) in [4.78, 5) is 16.3. The molecule has 0 atom stereocenters. The third-order valence-electron chi connectivity index (χ3n) is 4.28. The number of hydrogen-bond acceptors (Lipinski definition) is 4. The van der Waals surface area contributed by atoms with Gasteiger partial charge in [0.15, 0.2) is 5.70 Å². The van der Waals surface area contributed by atoms with Crippen LogP contribution in [-0.4, -0.2) is 11.9 Å². The third-order valence-corrected chi connectivity index (χ3v) is 4.28. The molecule has 4 nitrogen and oxygen atoms in total. The van der Waals surface area contributed by atoms with Gasteiger partial charge in [0, 0.05) is 11.1 Å². The fraction of sp³-hybridized carbons (Fsp3) is 0.0435. The maximum atomic E-state index is 13.9. The van der Waals surface area contributed by atoms with E-state index in [4.69, 9.17) is 9.47 Å². The van der Waals surface area contributed by atoms with Crippen molar-refractivity contribution in [2.24, 2.45) is 4.99 Å². The molecular formula is C23H15F2NO3. The Bertz CT molecular complexity index is 1140. The summed E-state index contributed by atoms with van der Waals surface area (Å²) in [5, 5.41) is 0. The molecule has 0 spiro atoms. The van der Waals surface area contributed by atoms with Crippen LogP contribution in [0.4, 0.5) is 8.78 Å². The van der Waals surface area contributed by atoms with Gasteiger partial charge in [-0.3, -0.25) is 0 Å². The molecule has 29 heavy (non-hydrogen) atoms. The highest BCUT2D eigenvalue weighted by Crippen LogP contribution is 2.26. The normalized spacial score (nSPS) is 14.6. The Hall–Kier alpha value is -3.80. The Morgan fingerprint density at radius 1 is 0.897 bits per heavy atom. The molecule has 1 aliphatic heterocycles. The van der Waals surface area contributed by atoms with Crippen LogP contribution in [-0.2, 0) is 16.1 Å². The predicted octanol–water partition coefficient (Wildman–Crippen LogP) is 4.89. The first-order valence-electron chi connectivity index (χ1n) is 8.84. The molecular weight excluding hydrogens is 376 g/mol. The molecule has 0 fully saturated rings. The van der Waals surface area contributed by atoms with E-state index in [2.05, 4.69) is 4.99 Å². The number of nitrogens with zero attached hydrogens (tertiary/aromatic N) is 1. The molecule has 0 radical (unpaired) electrons. The van der Waals surface area contributed by atoms with Crippen molar-refractivity contribution < 1.29 is 23.0 Å². The van der Waals surface area contributed by atoms with Gasteiger partial charge >= 0.3 is 5.97 Å². The van der Waals surface area contributed by atoms with Gasteiger partial charge in [-0.05, 0) is 30.3 Å². The van der Waals surface area contributed by atoms with E-state index in [-0.39, 0.29) is 29.6 Å². The van der Waals surface area contributed by atoms with Crippen LogP contribution < -0.4 is 4.74 Å². The number of benzene rings is 3. The molecule has 0 amide bonds. The molecule has 3 aromatic rings. The molecule has 1 heterocycles. The Labute approximate surface area is 165 Å². The maximum Gasteiger partial charge on any atom is 0.363 e. The predicted molar refractivity (Wildman–Crippen MR) is 104 cm³/mol. The lowest BCUT2D eigenvalue weighted by atomic mass is 10.1. The highest BCUT2D eigenvalue weighted by molar-refractivity contribution is 6.13. The smallest absolute Gasteiger partial charge is 0.363 e. The van der Waals surface area contributed by atoms with Crippen LogP contribution in [0.5, 0.6) is 5.75 Å². The fourth-order valence-electron chi connectivity index (χ4n) is 2.81. The summed E-state index contributed by atoms with van der Waals surface area (Å²) in [5.41, 5.74) is 1.10. The van der Waals surface area contributed by atoms with Crippen LogP contribution in [0, 0.1) is 11.6 Å². The zero-order chi connectivity index (χ0) is 20.2. The standard InChI is InChI=1S/C23H15F2NO3/c24-18-10-4-1-8-16(18)14-28-21-12-6-2-7-15(21)13-20-23(27)29-22(26-20)17-9-3-5-11-19(17)25/h1-13H,14H2. The average molecular weight is 391 g/mol. The van der Waals surface area contributed by atoms with Crippen LogP contribution in [0.2, 0.25) is 0 Å². The van der Waals surface area contributed by atoms with Crippen LogP contribution >= 0.6 is 0 Å². The second kappa shape index (κ2) is 8.06. The van der Waals surface area contributed by atoms with Crippen LogP contribution in [0.1, 0.15) is 16.7 Å². The Morgan fingerprint density at radius 2 is 1.59 bits per heavy atom. The second-order valence-corrected chi connectivity index (χ2v) is 6.23. The first kappa shape index (κ1) is 18.6. The molecule has 0 saturated heterocycles. The minimum Gasteiger partial charge on any atom is -0.488 e. The summed E-state index contributed by atoms with van der Waals surface area (Å²) in [6.45, 7) is 0.0288. The molecule has 0 aliphatic carbocycles. The quantitative estimate of drug-likeness (QED) is 0.460. The first-order valence-corrected chi connectivity index (χ1v) is 8.84. The van der Waals surface area contributed by atoms with Gasteiger partial charge in [0.2, 0.25) is 5.90 Å². The van der Waals surface area contributed by atoms with E-state index in [0.717, 1.165) is 0 Å². The van der Waals surface area contributed by atoms with E-state index in [1.54, 1.807) is 48.5 Å². The van der Waals surface area contributed by atoms with Crippen molar-refractivity contribution in [3.05, 3.63) is 107 Å². The summed E-state index contributed by atoms with van der Waals surface area (Å²) in [6, 6.07) is 19.2. The van der Waals surface area contributed by atoms with Gasteiger partial charge in [-0.2, -0.15) is 0 Å². The number of rotatable bonds is 5. The van der Waals surface area contributed by atoms with Gasteiger partial charge in [-0.25, -0.2) is 18.6 Å². The largest absolute Gasteiger partial charge is 0.488 e. The van der Waals surface area contributed by atoms with E-state index < -0.39 is 11.8 Å². The van der Waals surface area contributed by atoms with Gasteiger partial charge in [-0.1, -0.05) is 48.5 Å². The zero-order valence-electron chi connectivity index (χ0n) is 15.1. The molecule has 0 saturated carbocycles. The van der Waals surface area contributed by atoms with E-state index in [1.807, 2.05) is 0 Å². The molecule has 144 valence electrons. The summed E-state index contributed by atoms with van der Waals surface area (Å²) < 4.78 is 38.6. The highest BCUT2D eigenvalue weighted by atomic mass is 19.1. The molecule has 3 aromatic carbocycles. The van der Waals surface area contributed by atoms with Gasteiger partial charge < -0.3 is 9.47 Å². The van der Waals surface area contributed by atoms with Crippen LogP contribution in [0.25, 0.3) is 6.08 Å². The van der Waals surface area contributed by atoms with Gasteiger partial charge in [0.25, 0.3) is 0 Å². The van der Waals surface area contributed by atoms with Crippen molar-refractivity contribution in [3.8, 4) is 5.75 Å². The summed E-state index contributed by atoms with van der Waals surface area (Å²) in [5.74, 6) is -1.22. The van der Waals surface area contributed by atoms with Crippen LogP contribution in [0.15, 0.2) is 83.5 Å². The number of carbonyl (C=O) groups excluding carboxylic acids is 1. The second-order valence-electron chi connectivity index (χ2n) is 6.23. The van der Waals surface area contributed by atoms with E-state index in [0.29, 0.717) is 16.9 Å². The monoisotopic (exact) mass is 391 g/mol. The Kier molecular flexibility index (Phi) is 5.16. The lowest BCUT2D eigenvalue weighted by Gasteiger charge is -2.10. The molecule has 6 heteroatoms. The zero-order valence-corrected chi connectivity index (χ0v) is 15.1. The van der Waals surface area contributed by atoms with Crippen molar-refractivity contribution >= 4 is 17.9 Å². The fourth-order valence-corrected chi connectivity index (χ4v) is 2.81. The highest BCUT2D eigenvalue weighted by Gasteiger charge is 2.26. The number of hydrogen-bond donors (Lipinski definition) is 0. The number of aliphatic imine (C=N–C) groups is 1. The van der Waals surface area contributed by atoms with Gasteiger partial charge in [0.05, 0.1) is 5.56 Å². The van der Waals surface area contributed by atoms with Crippen LogP contribution in [0.3, 0.4) is 0 Å². The number of carbonyl (C=O) groups is 1. The summed E-state index contributed by atoms with van der Waals surface area (Å²) in [7, 11) is 0. The van der Waals surface area contributed by atoms with Crippen molar-refractivity contribution in [3.63, 3.8) is 0 Å². The van der Waals surface area contributed by atoms with Gasteiger partial charge in [0.1, 0.15) is 24.0 Å². The van der Waals surface area contributed by atoms with E-state index in [1.165, 1.54) is 30.3 Å². The third kappa shape index (κ3) is 4.06. The van der Waals surface area contributed by atoms with Crippen molar-refractivity contribution in [2.75, 3.05) is 0 Å². The van der Waals surface area contributed by atoms with Gasteiger partial charge in [-0.15, -0.1) is 0 Å². The Balaban J connectivity index is 1.61. The van der Waals surface area contributed by atoms with E-state index >= 15 is 0 Å². The Morgan fingerprint density at radius 3 is 2.38 bits per heavy atom. The number of halogens is 2. The topological polar surface area (TPSA) is 47.9 Å². The number of esters is 1. The molecule has 0 bridgehead atoms. The number of para-hydroxylation sites is 1.